The van der Waals surface area contributed by atoms with Crippen molar-refractivity contribution < 1.29 is 9.47 Å². The van der Waals surface area contributed by atoms with Crippen molar-refractivity contribution in [2.24, 2.45) is 0 Å². The summed E-state index contributed by atoms with van der Waals surface area (Å²) in [5.74, 6) is 2.60. The molecule has 6 nitrogen and oxygen atoms in total. The molecule has 1 aromatic heterocycles. The fourth-order valence-corrected chi connectivity index (χ4v) is 2.00. The molecular formula is C15H28N4O2. The first-order valence-electron chi connectivity index (χ1n) is 7.53. The summed E-state index contributed by atoms with van der Waals surface area (Å²) in [7, 11) is 3.44. The summed E-state index contributed by atoms with van der Waals surface area (Å²) in [5.41, 5.74) is 0. The third kappa shape index (κ3) is 6.73. The van der Waals surface area contributed by atoms with Crippen LogP contribution in [0.4, 0.5) is 11.6 Å². The molecule has 0 aliphatic rings. The largest absolute Gasteiger partial charge is 0.385 e. The van der Waals surface area contributed by atoms with E-state index < -0.39 is 0 Å². The third-order valence-electron chi connectivity index (χ3n) is 3.05. The first-order chi connectivity index (χ1) is 10.2. The van der Waals surface area contributed by atoms with Crippen LogP contribution in [0, 0.1) is 6.92 Å². The molecule has 0 radical (unpaired) electrons. The fraction of sp³-hybridized carbons (Fsp3) is 0.733. The highest BCUT2D eigenvalue weighted by Crippen LogP contribution is 2.16. The van der Waals surface area contributed by atoms with Crippen molar-refractivity contribution >= 4 is 11.6 Å². The molecular weight excluding hydrogens is 268 g/mol. The highest BCUT2D eigenvalue weighted by molar-refractivity contribution is 5.49. The SMILES string of the molecule is CCCNc1cc(N(CCCOC)CCOC)nc(C)n1. The van der Waals surface area contributed by atoms with E-state index in [0.29, 0.717) is 6.61 Å². The number of aromatic nitrogens is 2. The van der Waals surface area contributed by atoms with Crippen LogP contribution in [-0.2, 0) is 9.47 Å². The van der Waals surface area contributed by atoms with E-state index in [-0.39, 0.29) is 0 Å². The third-order valence-corrected chi connectivity index (χ3v) is 3.05. The van der Waals surface area contributed by atoms with Crippen molar-refractivity contribution in [3.8, 4) is 0 Å². The molecule has 0 saturated heterocycles. The molecule has 1 rings (SSSR count). The number of methoxy groups -OCH3 is 2. The summed E-state index contributed by atoms with van der Waals surface area (Å²) in [6.45, 7) is 8.09. The van der Waals surface area contributed by atoms with Gasteiger partial charge in [0.15, 0.2) is 0 Å². The molecule has 0 atom stereocenters. The summed E-state index contributed by atoms with van der Waals surface area (Å²) in [5, 5.41) is 3.32. The Morgan fingerprint density at radius 2 is 1.90 bits per heavy atom. The molecule has 0 fully saturated rings. The summed E-state index contributed by atoms with van der Waals surface area (Å²) in [4.78, 5) is 11.2. The van der Waals surface area contributed by atoms with E-state index in [0.717, 1.165) is 56.5 Å². The zero-order valence-electron chi connectivity index (χ0n) is 13.7. The molecule has 0 aliphatic heterocycles. The molecule has 21 heavy (non-hydrogen) atoms. The highest BCUT2D eigenvalue weighted by atomic mass is 16.5. The zero-order valence-corrected chi connectivity index (χ0v) is 13.7. The molecule has 0 aromatic carbocycles. The van der Waals surface area contributed by atoms with E-state index in [9.17, 15) is 0 Å². The van der Waals surface area contributed by atoms with Gasteiger partial charge in [0.25, 0.3) is 0 Å². The Balaban J connectivity index is 2.80. The number of rotatable bonds is 11. The minimum atomic E-state index is 0.674. The molecule has 0 saturated carbocycles. The van der Waals surface area contributed by atoms with E-state index in [1.165, 1.54) is 0 Å². The predicted molar refractivity (Wildman–Crippen MR) is 86.1 cm³/mol. The second-order valence-electron chi connectivity index (χ2n) is 4.91. The highest BCUT2D eigenvalue weighted by Gasteiger charge is 2.10. The molecule has 1 heterocycles. The Morgan fingerprint density at radius 1 is 1.14 bits per heavy atom. The maximum Gasteiger partial charge on any atom is 0.134 e. The number of ether oxygens (including phenoxy) is 2. The number of hydrogen-bond donors (Lipinski definition) is 1. The van der Waals surface area contributed by atoms with Crippen LogP contribution in [-0.4, -0.2) is 57.0 Å². The number of nitrogens with one attached hydrogen (secondary N) is 1. The van der Waals surface area contributed by atoms with Gasteiger partial charge >= 0.3 is 0 Å². The molecule has 1 aromatic rings. The van der Waals surface area contributed by atoms with E-state index in [2.05, 4.69) is 27.1 Å². The fourth-order valence-electron chi connectivity index (χ4n) is 2.00. The first kappa shape index (κ1) is 17.7. The van der Waals surface area contributed by atoms with Gasteiger partial charge in [-0.2, -0.15) is 0 Å². The Kier molecular flexibility index (Phi) is 8.69. The monoisotopic (exact) mass is 296 g/mol. The lowest BCUT2D eigenvalue weighted by Crippen LogP contribution is -2.30. The van der Waals surface area contributed by atoms with Gasteiger partial charge in [0.2, 0.25) is 0 Å². The van der Waals surface area contributed by atoms with Gasteiger partial charge in [0.1, 0.15) is 17.5 Å². The predicted octanol–water partition coefficient (Wildman–Crippen LogP) is 2.10. The van der Waals surface area contributed by atoms with E-state index in [4.69, 9.17) is 9.47 Å². The van der Waals surface area contributed by atoms with E-state index in [1.54, 1.807) is 14.2 Å². The lowest BCUT2D eigenvalue weighted by Gasteiger charge is -2.24. The first-order valence-corrected chi connectivity index (χ1v) is 7.53. The number of nitrogens with zero attached hydrogens (tertiary/aromatic N) is 3. The van der Waals surface area contributed by atoms with Gasteiger partial charge in [0.05, 0.1) is 6.61 Å². The van der Waals surface area contributed by atoms with Gasteiger partial charge in [-0.15, -0.1) is 0 Å². The zero-order chi connectivity index (χ0) is 15.5. The van der Waals surface area contributed by atoms with Crippen molar-refractivity contribution in [2.45, 2.75) is 26.7 Å². The van der Waals surface area contributed by atoms with Crippen molar-refractivity contribution in [3.63, 3.8) is 0 Å². The van der Waals surface area contributed by atoms with Crippen molar-refractivity contribution in [1.29, 1.82) is 0 Å². The maximum absolute atomic E-state index is 5.19. The average molecular weight is 296 g/mol. The van der Waals surface area contributed by atoms with E-state index in [1.807, 2.05) is 13.0 Å². The van der Waals surface area contributed by atoms with Crippen LogP contribution in [0.2, 0.25) is 0 Å². The second kappa shape index (κ2) is 10.3. The lowest BCUT2D eigenvalue weighted by atomic mass is 10.3. The normalized spacial score (nSPS) is 10.7. The molecule has 0 amide bonds. The van der Waals surface area contributed by atoms with Crippen molar-refractivity contribution in [1.82, 2.24) is 9.97 Å². The lowest BCUT2D eigenvalue weighted by molar-refractivity contribution is 0.191. The van der Waals surface area contributed by atoms with Gasteiger partial charge < -0.3 is 19.7 Å². The minimum absolute atomic E-state index is 0.674. The van der Waals surface area contributed by atoms with Gasteiger partial charge in [-0.05, 0) is 19.8 Å². The molecule has 1 N–H and O–H groups in total. The molecule has 0 unspecified atom stereocenters. The second-order valence-corrected chi connectivity index (χ2v) is 4.91. The van der Waals surface area contributed by atoms with Crippen LogP contribution in [0.1, 0.15) is 25.6 Å². The van der Waals surface area contributed by atoms with Gasteiger partial charge in [-0.1, -0.05) is 6.92 Å². The Bertz CT molecular complexity index is 401. The molecule has 0 spiro atoms. The van der Waals surface area contributed by atoms with Gasteiger partial charge in [0, 0.05) is 46.5 Å². The Labute approximate surface area is 127 Å². The van der Waals surface area contributed by atoms with Crippen LogP contribution < -0.4 is 10.2 Å². The summed E-state index contributed by atoms with van der Waals surface area (Å²) >= 11 is 0. The van der Waals surface area contributed by atoms with Crippen LogP contribution in [0.25, 0.3) is 0 Å². The minimum Gasteiger partial charge on any atom is -0.385 e. The topological polar surface area (TPSA) is 59.5 Å². The number of aryl methyl sites for hydroxylation is 1. The van der Waals surface area contributed by atoms with Gasteiger partial charge in [-0.25, -0.2) is 9.97 Å². The van der Waals surface area contributed by atoms with E-state index >= 15 is 0 Å². The van der Waals surface area contributed by atoms with Crippen molar-refractivity contribution in [2.75, 3.05) is 57.3 Å². The summed E-state index contributed by atoms with van der Waals surface area (Å²) in [6.07, 6.45) is 2.03. The Morgan fingerprint density at radius 3 is 2.57 bits per heavy atom. The van der Waals surface area contributed by atoms with Crippen LogP contribution in [0.5, 0.6) is 0 Å². The summed E-state index contributed by atoms with van der Waals surface area (Å²) < 4.78 is 10.3. The van der Waals surface area contributed by atoms with Crippen LogP contribution in [0.15, 0.2) is 6.07 Å². The average Bonchev–Trinajstić information content (AvgIpc) is 2.48. The quantitative estimate of drug-likeness (QED) is 0.631. The number of hydrogen-bond acceptors (Lipinski definition) is 6. The standard InChI is InChI=1S/C15H28N4O2/c1-5-7-16-14-12-15(18-13(2)17-14)19(9-11-21-4)8-6-10-20-3/h12H,5-11H2,1-4H3,(H,16,17,18). The summed E-state index contributed by atoms with van der Waals surface area (Å²) in [6, 6.07) is 2.01. The van der Waals surface area contributed by atoms with Gasteiger partial charge in [-0.3, -0.25) is 0 Å². The smallest absolute Gasteiger partial charge is 0.134 e. The molecule has 0 aliphatic carbocycles. The van der Waals surface area contributed by atoms with Crippen LogP contribution >= 0.6 is 0 Å². The maximum atomic E-state index is 5.19. The van der Waals surface area contributed by atoms with Crippen LogP contribution in [0.3, 0.4) is 0 Å². The molecule has 120 valence electrons. The number of anilines is 2. The Hall–Kier alpha value is -1.40. The molecule has 0 bridgehead atoms. The van der Waals surface area contributed by atoms with Crippen molar-refractivity contribution in [3.05, 3.63) is 11.9 Å². The molecule has 6 heteroatoms.